The van der Waals surface area contributed by atoms with Crippen LogP contribution < -0.4 is 15.8 Å². The fraction of sp³-hybridized carbons (Fsp3) is 0.318. The van der Waals surface area contributed by atoms with Crippen molar-refractivity contribution in [2.24, 2.45) is 5.14 Å². The van der Waals surface area contributed by atoms with E-state index < -0.39 is 62.3 Å². The predicted octanol–water partition coefficient (Wildman–Crippen LogP) is 0.492. The molecule has 0 bridgehead atoms. The zero-order valence-electron chi connectivity index (χ0n) is 19.6. The van der Waals surface area contributed by atoms with Gasteiger partial charge in [-0.3, -0.25) is 14.9 Å². The lowest BCUT2D eigenvalue weighted by molar-refractivity contribution is -0.161. The number of hydrogen-bond donors (Lipinski definition) is 4. The van der Waals surface area contributed by atoms with Crippen LogP contribution >= 0.6 is 11.8 Å². The molecule has 2 fully saturated rings. The molecular formula is C22H24N6O7S2. The van der Waals surface area contributed by atoms with E-state index in [4.69, 9.17) is 5.14 Å². The van der Waals surface area contributed by atoms with Crippen molar-refractivity contribution in [2.75, 3.05) is 5.32 Å². The third kappa shape index (κ3) is 4.97. The van der Waals surface area contributed by atoms with Gasteiger partial charge in [0, 0.05) is 10.9 Å². The molecule has 4 rings (SSSR count). The first-order valence-corrected chi connectivity index (χ1v) is 13.3. The van der Waals surface area contributed by atoms with Gasteiger partial charge in [0.1, 0.15) is 23.3 Å². The Morgan fingerprint density at radius 2 is 1.81 bits per heavy atom. The van der Waals surface area contributed by atoms with Gasteiger partial charge in [-0.15, -0.1) is 11.8 Å². The normalized spacial score (nSPS) is 22.8. The van der Waals surface area contributed by atoms with Gasteiger partial charge in [0.25, 0.3) is 0 Å². The standard InChI is InChI=1S/C22H24N6O7S2/c1-22(2)16(20(31)32)27-18(30)14(19(27)36-22)26-17(29)15(12-8-4-3-5-9-12)28(37(23,34)35)21(33)25-13-10-6-7-11-24-13/h3-11,14-16,19H,1-2H3,(H,26,29)(H,31,32)(H2,23,34,35)(H,24,25,33)/t14-,15?,16+,19-/m1/s1. The van der Waals surface area contributed by atoms with Gasteiger partial charge in [-0.1, -0.05) is 36.4 Å². The summed E-state index contributed by atoms with van der Waals surface area (Å²) in [5, 5.41) is 19.1. The number of carboxylic acids is 1. The largest absolute Gasteiger partial charge is 0.480 e. The van der Waals surface area contributed by atoms with Crippen LogP contribution in [0.15, 0.2) is 54.7 Å². The van der Waals surface area contributed by atoms with E-state index in [2.05, 4.69) is 15.6 Å². The van der Waals surface area contributed by atoms with Gasteiger partial charge in [-0.25, -0.2) is 19.7 Å². The van der Waals surface area contributed by atoms with Crippen molar-refractivity contribution in [3.05, 3.63) is 60.3 Å². The van der Waals surface area contributed by atoms with Crippen LogP contribution in [0.25, 0.3) is 0 Å². The first-order chi connectivity index (χ1) is 17.3. The summed E-state index contributed by atoms with van der Waals surface area (Å²) in [7, 11) is -4.82. The fourth-order valence-electron chi connectivity index (χ4n) is 4.39. The van der Waals surface area contributed by atoms with Gasteiger partial charge in [0.15, 0.2) is 6.04 Å². The molecule has 2 saturated heterocycles. The summed E-state index contributed by atoms with van der Waals surface area (Å²) in [6.45, 7) is 3.36. The number of carbonyl (C=O) groups is 4. The number of rotatable bonds is 7. The zero-order valence-corrected chi connectivity index (χ0v) is 21.3. The Bertz CT molecular complexity index is 1340. The highest BCUT2D eigenvalue weighted by Crippen LogP contribution is 2.50. The Labute approximate surface area is 216 Å². The number of nitrogens with zero attached hydrogens (tertiary/aromatic N) is 3. The van der Waals surface area contributed by atoms with Crippen LogP contribution in [0.4, 0.5) is 10.6 Å². The number of amides is 4. The number of pyridine rings is 1. The van der Waals surface area contributed by atoms with Crippen LogP contribution in [0, 0.1) is 0 Å². The number of nitrogens with two attached hydrogens (primary N) is 1. The number of nitrogens with one attached hydrogen (secondary N) is 2. The van der Waals surface area contributed by atoms with Crippen molar-refractivity contribution in [3.8, 4) is 0 Å². The molecule has 3 heterocycles. The Morgan fingerprint density at radius 1 is 1.16 bits per heavy atom. The van der Waals surface area contributed by atoms with Gasteiger partial charge in [0.2, 0.25) is 11.8 Å². The summed E-state index contributed by atoms with van der Waals surface area (Å²) < 4.78 is 24.5. The average Bonchev–Trinajstić information content (AvgIpc) is 3.09. The summed E-state index contributed by atoms with van der Waals surface area (Å²) >= 11 is 1.20. The lowest BCUT2D eigenvalue weighted by atomic mass is 9.95. The van der Waals surface area contributed by atoms with Crippen molar-refractivity contribution in [1.29, 1.82) is 0 Å². The molecule has 2 aliphatic heterocycles. The number of aliphatic carboxylic acids is 1. The second-order valence-electron chi connectivity index (χ2n) is 8.88. The highest BCUT2D eigenvalue weighted by Gasteiger charge is 2.64. The van der Waals surface area contributed by atoms with E-state index in [0.29, 0.717) is 0 Å². The van der Waals surface area contributed by atoms with E-state index in [1.807, 2.05) is 0 Å². The maximum atomic E-state index is 13.5. The molecule has 1 aromatic carbocycles. The van der Waals surface area contributed by atoms with E-state index in [1.54, 1.807) is 32.0 Å². The van der Waals surface area contributed by atoms with E-state index >= 15 is 0 Å². The minimum Gasteiger partial charge on any atom is -0.480 e. The number of β-lactam (4-membered cyclic amide) rings is 1. The van der Waals surface area contributed by atoms with Gasteiger partial charge in [0.05, 0.1) is 0 Å². The molecule has 0 radical (unpaired) electrons. The summed E-state index contributed by atoms with van der Waals surface area (Å²) in [5.41, 5.74) is 0.108. The molecule has 0 aliphatic carbocycles. The van der Waals surface area contributed by atoms with Crippen LogP contribution in [-0.4, -0.2) is 73.7 Å². The molecule has 1 aromatic heterocycles. The van der Waals surface area contributed by atoms with Crippen LogP contribution in [0.2, 0.25) is 0 Å². The van der Waals surface area contributed by atoms with Crippen LogP contribution in [0.3, 0.4) is 0 Å². The third-order valence-electron chi connectivity index (χ3n) is 5.95. The molecule has 13 nitrogen and oxygen atoms in total. The van der Waals surface area contributed by atoms with Crippen molar-refractivity contribution in [2.45, 2.75) is 42.1 Å². The topological polar surface area (TPSA) is 192 Å². The maximum absolute atomic E-state index is 13.5. The SMILES string of the molecule is CC1(C)S[C@@H]2[C@H](NC(=O)C(c3ccccc3)N(C(=O)Nc3ccccn3)S(N)(=O)=O)C(=O)N2[C@H]1C(=O)O. The fourth-order valence-corrected chi connectivity index (χ4v) is 6.80. The second kappa shape index (κ2) is 9.64. The van der Waals surface area contributed by atoms with E-state index in [9.17, 15) is 32.7 Å². The molecule has 4 atom stereocenters. The minimum absolute atomic E-state index is 0.0162. The maximum Gasteiger partial charge on any atom is 0.338 e. The average molecular weight is 549 g/mol. The second-order valence-corrected chi connectivity index (χ2v) is 12.1. The first-order valence-electron chi connectivity index (χ1n) is 10.9. The smallest absolute Gasteiger partial charge is 0.338 e. The Morgan fingerprint density at radius 3 is 2.38 bits per heavy atom. The van der Waals surface area contributed by atoms with E-state index in [1.165, 1.54) is 53.2 Å². The summed E-state index contributed by atoms with van der Waals surface area (Å²) in [5.74, 6) is -2.78. The highest BCUT2D eigenvalue weighted by molar-refractivity contribution is 8.01. The Kier molecular flexibility index (Phi) is 6.87. The predicted molar refractivity (Wildman–Crippen MR) is 133 cm³/mol. The summed E-state index contributed by atoms with van der Waals surface area (Å²) in [6, 6.07) is 6.87. The monoisotopic (exact) mass is 548 g/mol. The van der Waals surface area contributed by atoms with Crippen molar-refractivity contribution >= 4 is 51.6 Å². The molecule has 37 heavy (non-hydrogen) atoms. The van der Waals surface area contributed by atoms with Gasteiger partial charge < -0.3 is 15.3 Å². The van der Waals surface area contributed by atoms with Crippen molar-refractivity contribution in [3.63, 3.8) is 0 Å². The van der Waals surface area contributed by atoms with Crippen LogP contribution in [0.5, 0.6) is 0 Å². The number of carboxylic acid groups (broad SMARTS) is 1. The zero-order chi connectivity index (χ0) is 27.1. The summed E-state index contributed by atoms with van der Waals surface area (Å²) in [4.78, 5) is 56.4. The van der Waals surface area contributed by atoms with E-state index in [-0.39, 0.29) is 15.7 Å². The first kappa shape index (κ1) is 26.4. The highest BCUT2D eigenvalue weighted by atomic mass is 32.2. The molecule has 0 spiro atoms. The van der Waals surface area contributed by atoms with Crippen molar-refractivity contribution in [1.82, 2.24) is 19.5 Å². The molecule has 2 aliphatic rings. The van der Waals surface area contributed by atoms with Gasteiger partial charge in [-0.05, 0) is 31.5 Å². The lowest BCUT2D eigenvalue weighted by Crippen LogP contribution is -2.71. The molecule has 2 aromatic rings. The number of benzene rings is 1. The quantitative estimate of drug-likeness (QED) is 0.356. The Hall–Kier alpha value is -3.69. The number of anilines is 1. The number of carbonyl (C=O) groups excluding carboxylic acids is 3. The molecule has 5 N–H and O–H groups in total. The van der Waals surface area contributed by atoms with Gasteiger partial charge >= 0.3 is 22.2 Å². The van der Waals surface area contributed by atoms with Gasteiger partial charge in [-0.2, -0.15) is 12.7 Å². The molecule has 0 saturated carbocycles. The molecule has 1 unspecified atom stereocenters. The van der Waals surface area contributed by atoms with Crippen molar-refractivity contribution < 1.29 is 32.7 Å². The number of aromatic nitrogens is 1. The van der Waals surface area contributed by atoms with Crippen LogP contribution in [-0.2, 0) is 24.6 Å². The number of fused-ring (bicyclic) bond motifs is 1. The number of hydrogen-bond acceptors (Lipinski definition) is 8. The molecule has 4 amide bonds. The summed E-state index contributed by atoms with van der Waals surface area (Å²) in [6.07, 6.45) is 1.37. The molecule has 196 valence electrons. The molecular weight excluding hydrogens is 524 g/mol. The Balaban J connectivity index is 1.65. The molecule has 15 heteroatoms. The number of urea groups is 1. The van der Waals surface area contributed by atoms with E-state index in [0.717, 1.165) is 0 Å². The number of thioether (sulfide) groups is 1. The van der Waals surface area contributed by atoms with Crippen LogP contribution in [0.1, 0.15) is 25.5 Å². The lowest BCUT2D eigenvalue weighted by Gasteiger charge is -2.44. The third-order valence-corrected chi connectivity index (χ3v) is 8.44. The minimum atomic E-state index is -4.82.